The number of ketones is 1. The van der Waals surface area contributed by atoms with E-state index in [1.54, 1.807) is 19.1 Å². The summed E-state index contributed by atoms with van der Waals surface area (Å²) >= 11 is 0. The summed E-state index contributed by atoms with van der Waals surface area (Å²) in [5, 5.41) is 21.2. The number of halogens is 3. The van der Waals surface area contributed by atoms with Crippen molar-refractivity contribution < 1.29 is 47.2 Å². The van der Waals surface area contributed by atoms with E-state index < -0.39 is 42.4 Å². The summed E-state index contributed by atoms with van der Waals surface area (Å²) in [6.45, 7) is 3.07. The molecule has 0 aliphatic heterocycles. The lowest BCUT2D eigenvalue weighted by Gasteiger charge is -2.16. The van der Waals surface area contributed by atoms with Gasteiger partial charge in [-0.2, -0.15) is 13.2 Å². The molecule has 0 aliphatic rings. The predicted molar refractivity (Wildman–Crippen MR) is 116 cm³/mol. The van der Waals surface area contributed by atoms with Gasteiger partial charge in [-0.15, -0.1) is 0 Å². The monoisotopic (exact) mass is 483 g/mol. The second-order valence-corrected chi connectivity index (χ2v) is 7.40. The molecule has 8 nitrogen and oxygen atoms in total. The number of nitrogens with one attached hydrogen (secondary N) is 1. The molecule has 0 fully saturated rings. The van der Waals surface area contributed by atoms with Gasteiger partial charge in [0.1, 0.15) is 17.2 Å². The number of carboxylic acids is 1. The highest BCUT2D eigenvalue weighted by Crippen LogP contribution is 2.35. The van der Waals surface area contributed by atoms with Gasteiger partial charge in [-0.3, -0.25) is 9.59 Å². The standard InChI is InChI=1S/C23H24F3NO7/c1-13-4-5-15(12-18(13)27-21(30)22(31)32)33-10-3-11-34-19-7-6-16(14(2)28)20(29)17(19)8-9-23(24,25)26/h4-7,12,29H,3,8-11H2,1-2H3,(H,27,30)(H,31,32). The van der Waals surface area contributed by atoms with E-state index in [1.165, 1.54) is 25.1 Å². The molecule has 0 heterocycles. The van der Waals surface area contributed by atoms with Crippen molar-refractivity contribution in [3.05, 3.63) is 47.0 Å². The zero-order valence-electron chi connectivity index (χ0n) is 18.5. The number of carbonyl (C=O) groups is 3. The third-order valence-electron chi connectivity index (χ3n) is 4.74. The molecule has 0 aliphatic carbocycles. The number of benzene rings is 2. The zero-order chi connectivity index (χ0) is 25.5. The number of carboxylic acid groups (broad SMARTS) is 1. The van der Waals surface area contributed by atoms with Crippen molar-refractivity contribution in [3.8, 4) is 17.2 Å². The molecular formula is C23H24F3NO7. The fourth-order valence-corrected chi connectivity index (χ4v) is 2.98. The maximum Gasteiger partial charge on any atom is 0.394 e. The number of anilines is 1. The predicted octanol–water partition coefficient (Wildman–Crippen LogP) is 4.27. The molecule has 11 heteroatoms. The van der Waals surface area contributed by atoms with E-state index in [0.717, 1.165) is 0 Å². The Balaban J connectivity index is 1.98. The number of aromatic hydroxyl groups is 1. The number of Topliss-reactive ketones (excluding diaryl/α,β-unsaturated/α-hetero) is 1. The summed E-state index contributed by atoms with van der Waals surface area (Å²) in [7, 11) is 0. The largest absolute Gasteiger partial charge is 0.507 e. The van der Waals surface area contributed by atoms with Gasteiger partial charge in [-0.05, 0) is 44.0 Å². The first-order chi connectivity index (χ1) is 15.9. The highest BCUT2D eigenvalue weighted by atomic mass is 19.4. The fraction of sp³-hybridized carbons (Fsp3) is 0.348. The molecule has 1 amide bonds. The van der Waals surface area contributed by atoms with Crippen LogP contribution in [0.3, 0.4) is 0 Å². The van der Waals surface area contributed by atoms with E-state index in [0.29, 0.717) is 17.7 Å². The minimum atomic E-state index is -4.44. The molecule has 184 valence electrons. The van der Waals surface area contributed by atoms with Crippen molar-refractivity contribution in [2.45, 2.75) is 39.3 Å². The average molecular weight is 483 g/mol. The van der Waals surface area contributed by atoms with Crippen molar-refractivity contribution >= 4 is 23.3 Å². The number of hydrogen-bond acceptors (Lipinski definition) is 6. The molecule has 2 aromatic rings. The molecule has 0 saturated carbocycles. The van der Waals surface area contributed by atoms with Crippen LogP contribution in [-0.2, 0) is 16.0 Å². The average Bonchev–Trinajstić information content (AvgIpc) is 2.74. The minimum Gasteiger partial charge on any atom is -0.507 e. The number of hydrogen-bond donors (Lipinski definition) is 3. The Morgan fingerprint density at radius 1 is 1.06 bits per heavy atom. The Morgan fingerprint density at radius 3 is 2.35 bits per heavy atom. The molecule has 0 radical (unpaired) electrons. The van der Waals surface area contributed by atoms with Gasteiger partial charge in [0.05, 0.1) is 18.8 Å². The third kappa shape index (κ3) is 7.68. The molecule has 0 aromatic heterocycles. The maximum atomic E-state index is 12.7. The molecule has 0 atom stereocenters. The van der Waals surface area contributed by atoms with E-state index in [-0.39, 0.29) is 35.8 Å². The van der Waals surface area contributed by atoms with Crippen LogP contribution in [0.2, 0.25) is 0 Å². The van der Waals surface area contributed by atoms with Gasteiger partial charge in [0.15, 0.2) is 5.78 Å². The third-order valence-corrected chi connectivity index (χ3v) is 4.74. The lowest BCUT2D eigenvalue weighted by Crippen LogP contribution is -2.22. The van der Waals surface area contributed by atoms with Crippen molar-refractivity contribution in [1.82, 2.24) is 0 Å². The van der Waals surface area contributed by atoms with Crippen LogP contribution in [0.4, 0.5) is 18.9 Å². The number of aryl methyl sites for hydroxylation is 1. The summed E-state index contributed by atoms with van der Waals surface area (Å²) < 4.78 is 49.1. The van der Waals surface area contributed by atoms with Crippen LogP contribution in [-0.4, -0.2) is 47.3 Å². The quantitative estimate of drug-likeness (QED) is 0.262. The Hall–Kier alpha value is -3.76. The van der Waals surface area contributed by atoms with E-state index in [9.17, 15) is 32.7 Å². The van der Waals surface area contributed by atoms with Crippen molar-refractivity contribution in [3.63, 3.8) is 0 Å². The van der Waals surface area contributed by atoms with Crippen LogP contribution in [0.1, 0.15) is 41.3 Å². The van der Waals surface area contributed by atoms with Crippen LogP contribution in [0, 0.1) is 6.92 Å². The van der Waals surface area contributed by atoms with E-state index >= 15 is 0 Å². The number of aliphatic carboxylic acids is 1. The number of phenols is 1. The van der Waals surface area contributed by atoms with E-state index in [1.807, 2.05) is 0 Å². The molecule has 3 N–H and O–H groups in total. The van der Waals surface area contributed by atoms with Crippen molar-refractivity contribution in [1.29, 1.82) is 0 Å². The summed E-state index contributed by atoms with van der Waals surface area (Å²) in [6.07, 6.45) is -5.86. The highest BCUT2D eigenvalue weighted by molar-refractivity contribution is 6.36. The van der Waals surface area contributed by atoms with Gasteiger partial charge < -0.3 is 25.0 Å². The summed E-state index contributed by atoms with van der Waals surface area (Å²) in [5.41, 5.74) is 0.725. The smallest absolute Gasteiger partial charge is 0.394 e. The van der Waals surface area contributed by atoms with Crippen molar-refractivity contribution in [2.75, 3.05) is 18.5 Å². The van der Waals surface area contributed by atoms with Gasteiger partial charge in [0.2, 0.25) is 0 Å². The summed E-state index contributed by atoms with van der Waals surface area (Å²) in [4.78, 5) is 33.7. The normalized spacial score (nSPS) is 11.1. The molecule has 0 bridgehead atoms. The maximum absolute atomic E-state index is 12.7. The van der Waals surface area contributed by atoms with E-state index in [2.05, 4.69) is 5.32 Å². The molecule has 0 spiro atoms. The van der Waals surface area contributed by atoms with Crippen molar-refractivity contribution in [2.24, 2.45) is 0 Å². The minimum absolute atomic E-state index is 0.0424. The van der Waals surface area contributed by atoms with Crippen LogP contribution in [0.15, 0.2) is 30.3 Å². The summed E-state index contributed by atoms with van der Waals surface area (Å²) in [6, 6.07) is 7.36. The van der Waals surface area contributed by atoms with Crippen LogP contribution in [0.25, 0.3) is 0 Å². The van der Waals surface area contributed by atoms with Gasteiger partial charge in [0, 0.05) is 30.2 Å². The van der Waals surface area contributed by atoms with Gasteiger partial charge in [-0.25, -0.2) is 4.79 Å². The molecule has 0 unspecified atom stereocenters. The summed E-state index contributed by atoms with van der Waals surface area (Å²) in [5.74, 6) is -3.42. The Bertz CT molecular complexity index is 1070. The van der Waals surface area contributed by atoms with Crippen LogP contribution in [0.5, 0.6) is 17.2 Å². The SMILES string of the molecule is CC(=O)c1ccc(OCCCOc2ccc(C)c(NC(=O)C(=O)O)c2)c(CCC(F)(F)F)c1O. The second kappa shape index (κ2) is 11.4. The lowest BCUT2D eigenvalue weighted by molar-refractivity contribution is -0.147. The van der Waals surface area contributed by atoms with Gasteiger partial charge >= 0.3 is 18.1 Å². The van der Waals surface area contributed by atoms with Gasteiger partial charge in [-0.1, -0.05) is 6.07 Å². The molecule has 0 saturated heterocycles. The molecule has 2 aromatic carbocycles. The highest BCUT2D eigenvalue weighted by Gasteiger charge is 2.28. The Labute approximate surface area is 193 Å². The zero-order valence-corrected chi connectivity index (χ0v) is 18.5. The van der Waals surface area contributed by atoms with Crippen LogP contribution < -0.4 is 14.8 Å². The molecular weight excluding hydrogens is 459 g/mol. The number of amides is 1. The number of carbonyl (C=O) groups excluding carboxylic acids is 2. The fourth-order valence-electron chi connectivity index (χ4n) is 2.98. The number of rotatable bonds is 10. The molecule has 34 heavy (non-hydrogen) atoms. The van der Waals surface area contributed by atoms with Gasteiger partial charge in [0.25, 0.3) is 0 Å². The van der Waals surface area contributed by atoms with E-state index in [4.69, 9.17) is 14.6 Å². The van der Waals surface area contributed by atoms with Crippen LogP contribution >= 0.6 is 0 Å². The number of alkyl halides is 3. The lowest BCUT2D eigenvalue weighted by atomic mass is 10.0. The molecule has 2 rings (SSSR count). The Kier molecular flexibility index (Phi) is 8.88. The first kappa shape index (κ1) is 26.5. The number of phenolic OH excluding ortho intramolecular Hbond substituents is 1. The topological polar surface area (TPSA) is 122 Å². The second-order valence-electron chi connectivity index (χ2n) is 7.40. The Morgan fingerprint density at radius 2 is 1.74 bits per heavy atom. The first-order valence-corrected chi connectivity index (χ1v) is 10.2. The first-order valence-electron chi connectivity index (χ1n) is 10.2. The number of ether oxygens (including phenoxy) is 2.